The predicted molar refractivity (Wildman–Crippen MR) is 131 cm³/mol. The summed E-state index contributed by atoms with van der Waals surface area (Å²) in [6.45, 7) is 9.18. The van der Waals surface area contributed by atoms with Gasteiger partial charge in [-0.25, -0.2) is 0 Å². The Kier molecular flexibility index (Phi) is 8.66. The van der Waals surface area contributed by atoms with Crippen LogP contribution < -0.4 is 0 Å². The number of unbranched alkanes of at least 4 members (excludes halogenated alkanes) is 4. The lowest BCUT2D eigenvalue weighted by molar-refractivity contribution is 0.725. The third-order valence-electron chi connectivity index (χ3n) is 6.34. The first kappa shape index (κ1) is 22.7. The third kappa shape index (κ3) is 5.02. The van der Waals surface area contributed by atoms with Crippen LogP contribution in [-0.2, 0) is 25.7 Å². The van der Waals surface area contributed by atoms with Crippen molar-refractivity contribution in [2.75, 3.05) is 0 Å². The van der Waals surface area contributed by atoms with Crippen LogP contribution in [-0.4, -0.2) is 9.97 Å². The summed E-state index contributed by atoms with van der Waals surface area (Å²) in [5.74, 6) is 0. The number of hydrogen-bond acceptors (Lipinski definition) is 2. The van der Waals surface area contributed by atoms with Gasteiger partial charge < -0.3 is 0 Å². The first-order chi connectivity index (χ1) is 14.7. The molecule has 0 fully saturated rings. The molecule has 0 saturated heterocycles. The van der Waals surface area contributed by atoms with Gasteiger partial charge in [-0.1, -0.05) is 59.4 Å². The minimum atomic E-state index is 1.09. The van der Waals surface area contributed by atoms with E-state index in [1.54, 1.807) is 11.1 Å². The van der Waals surface area contributed by atoms with Gasteiger partial charge in [-0.05, 0) is 80.2 Å². The van der Waals surface area contributed by atoms with Crippen LogP contribution in [0.3, 0.4) is 0 Å². The third-order valence-corrected chi connectivity index (χ3v) is 6.34. The number of aryl methyl sites for hydroxylation is 3. The zero-order valence-electron chi connectivity index (χ0n) is 19.7. The zero-order valence-corrected chi connectivity index (χ0v) is 19.7. The van der Waals surface area contributed by atoms with Gasteiger partial charge in [0, 0.05) is 22.7 Å². The number of aromatic nitrogens is 2. The van der Waals surface area contributed by atoms with Crippen molar-refractivity contribution in [2.45, 2.75) is 105 Å². The van der Waals surface area contributed by atoms with Gasteiger partial charge in [0.2, 0.25) is 0 Å². The number of pyridine rings is 2. The molecule has 0 N–H and O–H groups in total. The van der Waals surface area contributed by atoms with Gasteiger partial charge in [0.05, 0.1) is 11.0 Å². The van der Waals surface area contributed by atoms with Crippen molar-refractivity contribution in [3.8, 4) is 0 Å². The second kappa shape index (κ2) is 11.4. The maximum Gasteiger partial charge on any atom is 0.0973 e. The van der Waals surface area contributed by atoms with Crippen molar-refractivity contribution in [1.29, 1.82) is 0 Å². The van der Waals surface area contributed by atoms with E-state index in [-0.39, 0.29) is 0 Å². The molecule has 0 saturated carbocycles. The van der Waals surface area contributed by atoms with E-state index >= 15 is 0 Å². The van der Waals surface area contributed by atoms with Crippen LogP contribution in [0.25, 0.3) is 21.8 Å². The molecule has 162 valence electrons. The van der Waals surface area contributed by atoms with Crippen LogP contribution >= 0.6 is 0 Å². The topological polar surface area (TPSA) is 25.8 Å². The first-order valence-electron chi connectivity index (χ1n) is 12.5. The average Bonchev–Trinajstić information content (AvgIpc) is 2.78. The van der Waals surface area contributed by atoms with E-state index < -0.39 is 0 Å². The van der Waals surface area contributed by atoms with Gasteiger partial charge in [0.25, 0.3) is 0 Å². The predicted octanol–water partition coefficient (Wildman–Crippen LogP) is 8.15. The van der Waals surface area contributed by atoms with Gasteiger partial charge in [-0.3, -0.25) is 9.97 Å². The Morgan fingerprint density at radius 2 is 1.33 bits per heavy atom. The van der Waals surface area contributed by atoms with Crippen LogP contribution in [0.2, 0.25) is 0 Å². The van der Waals surface area contributed by atoms with E-state index in [2.05, 4.69) is 45.9 Å². The highest BCUT2D eigenvalue weighted by molar-refractivity contribution is 6.06. The molecule has 0 aliphatic rings. The molecule has 2 heteroatoms. The normalized spacial score (nSPS) is 11.6. The molecule has 3 rings (SSSR count). The SMILES string of the molecule is CCCCc1nc2c(c(CCCC)cc3cccnc32)c(CCCC)c1CCCC. The summed E-state index contributed by atoms with van der Waals surface area (Å²) in [5, 5.41) is 2.68. The summed E-state index contributed by atoms with van der Waals surface area (Å²) in [6, 6.07) is 6.68. The average molecular weight is 405 g/mol. The molecule has 0 radical (unpaired) electrons. The molecule has 0 aliphatic heterocycles. The van der Waals surface area contributed by atoms with Crippen LogP contribution in [0.4, 0.5) is 0 Å². The van der Waals surface area contributed by atoms with Gasteiger partial charge in [-0.2, -0.15) is 0 Å². The van der Waals surface area contributed by atoms with E-state index in [1.807, 2.05) is 6.20 Å². The van der Waals surface area contributed by atoms with Crippen molar-refractivity contribution in [3.05, 3.63) is 46.8 Å². The van der Waals surface area contributed by atoms with E-state index in [9.17, 15) is 0 Å². The Labute approximate surface area is 183 Å². The summed E-state index contributed by atoms with van der Waals surface area (Å²) in [7, 11) is 0. The number of rotatable bonds is 12. The molecule has 2 aromatic heterocycles. The van der Waals surface area contributed by atoms with Crippen LogP contribution in [0.15, 0.2) is 24.4 Å². The highest BCUT2D eigenvalue weighted by Crippen LogP contribution is 2.35. The molecule has 3 aromatic rings. The fourth-order valence-electron chi connectivity index (χ4n) is 4.63. The van der Waals surface area contributed by atoms with E-state index in [4.69, 9.17) is 9.97 Å². The molecule has 0 unspecified atom stereocenters. The minimum Gasteiger partial charge on any atom is -0.254 e. The molecular weight excluding hydrogens is 364 g/mol. The molecule has 0 aliphatic carbocycles. The molecular formula is C28H40N2. The maximum atomic E-state index is 5.37. The quantitative estimate of drug-likeness (QED) is 0.285. The van der Waals surface area contributed by atoms with Crippen molar-refractivity contribution in [1.82, 2.24) is 9.97 Å². The Bertz CT molecular complexity index is 958. The standard InChI is InChI=1S/C28H40N2/c1-5-9-14-21-20-22-15-13-19-29-27(22)28-26(21)24(17-11-7-3)23(16-10-6-2)25(30-28)18-12-8-4/h13,15,19-20H,5-12,14,16-18H2,1-4H3. The molecule has 0 spiro atoms. The summed E-state index contributed by atoms with van der Waals surface area (Å²) in [6.07, 6.45) is 16.4. The number of nitrogens with zero attached hydrogens (tertiary/aromatic N) is 2. The lowest BCUT2D eigenvalue weighted by Gasteiger charge is -2.21. The van der Waals surface area contributed by atoms with Gasteiger partial charge in [0.15, 0.2) is 0 Å². The van der Waals surface area contributed by atoms with Crippen molar-refractivity contribution >= 4 is 21.8 Å². The second-order valence-corrected chi connectivity index (χ2v) is 8.76. The Hall–Kier alpha value is -1.96. The molecule has 2 nitrogen and oxygen atoms in total. The Morgan fingerprint density at radius 1 is 0.700 bits per heavy atom. The fraction of sp³-hybridized carbons (Fsp3) is 0.571. The molecule has 2 heterocycles. The lowest BCUT2D eigenvalue weighted by Crippen LogP contribution is -2.08. The lowest BCUT2D eigenvalue weighted by atomic mass is 9.87. The number of benzene rings is 1. The molecule has 0 bridgehead atoms. The smallest absolute Gasteiger partial charge is 0.0973 e. The summed E-state index contributed by atoms with van der Waals surface area (Å²) >= 11 is 0. The van der Waals surface area contributed by atoms with E-state index in [0.717, 1.165) is 23.9 Å². The molecule has 1 aromatic carbocycles. The van der Waals surface area contributed by atoms with E-state index in [0.29, 0.717) is 0 Å². The van der Waals surface area contributed by atoms with Crippen LogP contribution in [0, 0.1) is 0 Å². The zero-order chi connectivity index (χ0) is 21.3. The maximum absolute atomic E-state index is 5.37. The highest BCUT2D eigenvalue weighted by Gasteiger charge is 2.19. The van der Waals surface area contributed by atoms with E-state index in [1.165, 1.54) is 86.2 Å². The Morgan fingerprint density at radius 3 is 2.03 bits per heavy atom. The highest BCUT2D eigenvalue weighted by atomic mass is 14.8. The van der Waals surface area contributed by atoms with Gasteiger partial charge >= 0.3 is 0 Å². The van der Waals surface area contributed by atoms with Gasteiger partial charge in [0.1, 0.15) is 0 Å². The fourth-order valence-corrected chi connectivity index (χ4v) is 4.63. The number of fused-ring (bicyclic) bond motifs is 3. The summed E-state index contributed by atoms with van der Waals surface area (Å²) in [5.41, 5.74) is 8.26. The molecule has 30 heavy (non-hydrogen) atoms. The van der Waals surface area contributed by atoms with Crippen molar-refractivity contribution in [3.63, 3.8) is 0 Å². The van der Waals surface area contributed by atoms with Crippen LogP contribution in [0.5, 0.6) is 0 Å². The second-order valence-electron chi connectivity index (χ2n) is 8.76. The largest absolute Gasteiger partial charge is 0.254 e. The summed E-state index contributed by atoms with van der Waals surface area (Å²) < 4.78 is 0. The number of hydrogen-bond donors (Lipinski definition) is 0. The monoisotopic (exact) mass is 404 g/mol. The Balaban J connectivity index is 2.35. The molecule has 0 atom stereocenters. The van der Waals surface area contributed by atoms with Crippen LogP contribution in [0.1, 0.15) is 101 Å². The van der Waals surface area contributed by atoms with Crippen molar-refractivity contribution < 1.29 is 0 Å². The van der Waals surface area contributed by atoms with Crippen molar-refractivity contribution in [2.24, 2.45) is 0 Å². The summed E-state index contributed by atoms with van der Waals surface area (Å²) in [4.78, 5) is 10.2. The minimum absolute atomic E-state index is 1.09. The first-order valence-corrected chi connectivity index (χ1v) is 12.5. The molecule has 0 amide bonds. The van der Waals surface area contributed by atoms with Gasteiger partial charge in [-0.15, -0.1) is 0 Å².